The summed E-state index contributed by atoms with van der Waals surface area (Å²) in [5, 5.41) is 10.7. The van der Waals surface area contributed by atoms with Gasteiger partial charge in [0.1, 0.15) is 19.3 Å². The molecule has 0 saturated heterocycles. The number of phosphoric ester groups is 2. The van der Waals surface area contributed by atoms with Crippen molar-refractivity contribution in [3.8, 4) is 0 Å². The first-order chi connectivity index (χ1) is 51.7. The molecule has 0 radical (unpaired) electrons. The molecule has 0 amide bonds. The summed E-state index contributed by atoms with van der Waals surface area (Å²) in [6.07, 6.45) is 69.5. The fourth-order valence-corrected chi connectivity index (χ4v) is 15.3. The minimum absolute atomic E-state index is 0.107. The number of aliphatic hydroxyl groups is 1. The average molecular weight is 1560 g/mol. The van der Waals surface area contributed by atoms with Gasteiger partial charge in [-0.2, -0.15) is 0 Å². The maximum Gasteiger partial charge on any atom is 0.472 e. The number of aliphatic hydroxyl groups excluding tert-OH is 1. The zero-order valence-corrected chi connectivity index (χ0v) is 72.4. The average Bonchev–Trinajstić information content (AvgIpc) is 0.896. The Hall–Kier alpha value is -1.94. The fraction of sp³-hybridized carbons (Fsp3) is 0.955. The summed E-state index contributed by atoms with van der Waals surface area (Å²) in [5.41, 5.74) is 0. The van der Waals surface area contributed by atoms with Crippen molar-refractivity contribution < 1.29 is 80.2 Å². The van der Waals surface area contributed by atoms with Crippen LogP contribution in [0.25, 0.3) is 0 Å². The Kier molecular flexibility index (Phi) is 76.6. The quantitative estimate of drug-likeness (QED) is 0.0222. The molecule has 0 aromatic heterocycles. The molecule has 0 aliphatic heterocycles. The monoisotopic (exact) mass is 1560 g/mol. The van der Waals surface area contributed by atoms with Gasteiger partial charge in [0.25, 0.3) is 0 Å². The van der Waals surface area contributed by atoms with E-state index in [0.29, 0.717) is 25.7 Å². The van der Waals surface area contributed by atoms with Crippen LogP contribution in [0.15, 0.2) is 0 Å². The van der Waals surface area contributed by atoms with E-state index >= 15 is 0 Å². The van der Waals surface area contributed by atoms with Gasteiger partial charge in [-0.15, -0.1) is 0 Å². The zero-order chi connectivity index (χ0) is 78.6. The lowest BCUT2D eigenvalue weighted by molar-refractivity contribution is -0.161. The van der Waals surface area contributed by atoms with E-state index in [1.807, 2.05) is 0 Å². The maximum absolute atomic E-state index is 13.2. The van der Waals surface area contributed by atoms with Crippen molar-refractivity contribution in [2.75, 3.05) is 39.6 Å². The lowest BCUT2D eigenvalue weighted by Gasteiger charge is -2.21. The molecule has 0 heterocycles. The third-order valence-corrected chi connectivity index (χ3v) is 22.5. The maximum atomic E-state index is 13.2. The van der Waals surface area contributed by atoms with Gasteiger partial charge in [0, 0.05) is 25.7 Å². The number of esters is 4. The predicted molar refractivity (Wildman–Crippen MR) is 441 cm³/mol. The normalized spacial score (nSPS) is 13.8. The molecule has 0 fully saturated rings. The van der Waals surface area contributed by atoms with E-state index in [0.717, 1.165) is 108 Å². The minimum Gasteiger partial charge on any atom is -0.462 e. The Balaban J connectivity index is 5.24. The van der Waals surface area contributed by atoms with Crippen molar-refractivity contribution >= 4 is 39.5 Å². The van der Waals surface area contributed by atoms with Gasteiger partial charge < -0.3 is 33.8 Å². The lowest BCUT2D eigenvalue weighted by Crippen LogP contribution is -2.30. The highest BCUT2D eigenvalue weighted by Gasteiger charge is 2.31. The standard InChI is InChI=1S/C88H172O17P2/c1-8-9-10-11-12-13-14-15-16-17-18-19-20-21-26-31-36-41-50-57-64-71-87(92)104-83(75-98-85(90)69-62-55-48-40-35-30-25-23-22-24-28-33-38-45-52-59-66-79(2)3)77-102-106(94,95)100-73-82(89)74-101-107(96,97)103-78-84(76-99-86(91)70-63-56-49-44-43-47-54-61-68-81(6)7)105-88(93)72-65-58-51-42-37-32-27-29-34-39-46-53-60-67-80(4)5/h79-84,89H,8-78H2,1-7H3,(H,94,95)(H,96,97)/t82-,83-,84-/m1/s1. The third-order valence-electron chi connectivity index (χ3n) is 20.6. The first-order valence-corrected chi connectivity index (χ1v) is 48.3. The molecule has 0 bridgehead atoms. The van der Waals surface area contributed by atoms with E-state index in [1.54, 1.807) is 0 Å². The molecule has 107 heavy (non-hydrogen) atoms. The van der Waals surface area contributed by atoms with Crippen LogP contribution in [-0.2, 0) is 65.4 Å². The first kappa shape index (κ1) is 105. The smallest absolute Gasteiger partial charge is 0.462 e. The summed E-state index contributed by atoms with van der Waals surface area (Å²) in [6, 6.07) is 0. The van der Waals surface area contributed by atoms with E-state index < -0.39 is 97.5 Å². The molecule has 0 rings (SSSR count). The highest BCUT2D eigenvalue weighted by Crippen LogP contribution is 2.45. The van der Waals surface area contributed by atoms with Crippen LogP contribution in [-0.4, -0.2) is 96.7 Å². The van der Waals surface area contributed by atoms with Crippen molar-refractivity contribution in [3.05, 3.63) is 0 Å². The molecule has 0 spiro atoms. The molecule has 0 aromatic rings. The van der Waals surface area contributed by atoms with Crippen LogP contribution in [0.2, 0.25) is 0 Å². The summed E-state index contributed by atoms with van der Waals surface area (Å²) in [7, 11) is -9.93. The summed E-state index contributed by atoms with van der Waals surface area (Å²) in [4.78, 5) is 73.3. The number of phosphoric acid groups is 2. The van der Waals surface area contributed by atoms with E-state index in [1.165, 1.54) is 276 Å². The number of hydrogen-bond donors (Lipinski definition) is 3. The van der Waals surface area contributed by atoms with Gasteiger partial charge in [0.2, 0.25) is 0 Å². The highest BCUT2D eigenvalue weighted by molar-refractivity contribution is 7.47. The van der Waals surface area contributed by atoms with Crippen LogP contribution in [0.3, 0.4) is 0 Å². The Morgan fingerprint density at radius 3 is 0.636 bits per heavy atom. The molecule has 636 valence electrons. The second-order valence-corrected chi connectivity index (χ2v) is 36.0. The molecule has 0 aliphatic rings. The number of carbonyl (C=O) groups excluding carboxylic acids is 4. The molecule has 0 aromatic carbocycles. The van der Waals surface area contributed by atoms with Crippen LogP contribution in [0.4, 0.5) is 0 Å². The molecule has 5 atom stereocenters. The van der Waals surface area contributed by atoms with Gasteiger partial charge in [0.15, 0.2) is 12.2 Å². The van der Waals surface area contributed by atoms with Crippen LogP contribution in [0.5, 0.6) is 0 Å². The number of ether oxygens (including phenoxy) is 4. The van der Waals surface area contributed by atoms with Crippen molar-refractivity contribution in [1.29, 1.82) is 0 Å². The van der Waals surface area contributed by atoms with Gasteiger partial charge in [-0.25, -0.2) is 9.13 Å². The number of unbranched alkanes of at least 4 members (excludes halogenated alkanes) is 54. The van der Waals surface area contributed by atoms with Crippen molar-refractivity contribution in [3.63, 3.8) is 0 Å². The molecule has 0 aliphatic carbocycles. The summed E-state index contributed by atoms with van der Waals surface area (Å²) >= 11 is 0. The highest BCUT2D eigenvalue weighted by atomic mass is 31.2. The van der Waals surface area contributed by atoms with Crippen molar-refractivity contribution in [2.45, 2.75) is 484 Å². The first-order valence-electron chi connectivity index (χ1n) is 45.3. The second kappa shape index (κ2) is 78.0. The van der Waals surface area contributed by atoms with Crippen molar-refractivity contribution in [1.82, 2.24) is 0 Å². The van der Waals surface area contributed by atoms with Gasteiger partial charge in [-0.1, -0.05) is 414 Å². The largest absolute Gasteiger partial charge is 0.472 e. The molecule has 2 unspecified atom stereocenters. The zero-order valence-electron chi connectivity index (χ0n) is 70.6. The van der Waals surface area contributed by atoms with E-state index in [2.05, 4.69) is 48.5 Å². The third kappa shape index (κ3) is 81.9. The van der Waals surface area contributed by atoms with Crippen LogP contribution in [0.1, 0.15) is 466 Å². The van der Waals surface area contributed by atoms with Crippen LogP contribution in [0, 0.1) is 17.8 Å². The Labute approximate surface area is 658 Å². The summed E-state index contributed by atoms with van der Waals surface area (Å²) < 4.78 is 69.0. The van der Waals surface area contributed by atoms with Gasteiger partial charge >= 0.3 is 39.5 Å². The minimum atomic E-state index is -4.97. The Morgan fingerprint density at radius 2 is 0.430 bits per heavy atom. The van der Waals surface area contributed by atoms with Crippen molar-refractivity contribution in [2.24, 2.45) is 17.8 Å². The number of hydrogen-bond acceptors (Lipinski definition) is 15. The second-order valence-electron chi connectivity index (χ2n) is 33.1. The molecule has 19 heteroatoms. The van der Waals surface area contributed by atoms with Crippen LogP contribution >= 0.6 is 15.6 Å². The topological polar surface area (TPSA) is 237 Å². The fourth-order valence-electron chi connectivity index (χ4n) is 13.7. The Morgan fingerprint density at radius 1 is 0.252 bits per heavy atom. The predicted octanol–water partition coefficient (Wildman–Crippen LogP) is 26.9. The lowest BCUT2D eigenvalue weighted by atomic mass is 10.0. The van der Waals surface area contributed by atoms with E-state index in [-0.39, 0.29) is 25.7 Å². The molecular formula is C88H172O17P2. The SMILES string of the molecule is CCCCCCCCCCCCCCCCCCCCCCCC(=O)O[C@H](COC(=O)CCCCCCCCCCCCCCCCCCC(C)C)COP(=O)(O)OC[C@@H](O)COP(=O)(O)OC[C@@H](COC(=O)CCCCCCCCCCC(C)C)OC(=O)CCCCCCCCCCCCCCCC(C)C. The van der Waals surface area contributed by atoms with E-state index in [4.69, 9.17) is 37.0 Å². The van der Waals surface area contributed by atoms with Gasteiger partial charge in [-0.05, 0) is 43.4 Å². The molecule has 0 saturated carbocycles. The van der Waals surface area contributed by atoms with Crippen LogP contribution < -0.4 is 0 Å². The summed E-state index contributed by atoms with van der Waals surface area (Å²) in [5.74, 6) is 0.222. The van der Waals surface area contributed by atoms with Gasteiger partial charge in [-0.3, -0.25) is 37.3 Å². The molecule has 3 N–H and O–H groups in total. The molecule has 17 nitrogen and oxygen atoms in total. The Bertz CT molecular complexity index is 2060. The van der Waals surface area contributed by atoms with Gasteiger partial charge in [0.05, 0.1) is 26.4 Å². The summed E-state index contributed by atoms with van der Waals surface area (Å²) in [6.45, 7) is 12.0. The number of rotatable bonds is 86. The molecular weight excluding hydrogens is 1390 g/mol. The van der Waals surface area contributed by atoms with E-state index in [9.17, 15) is 43.2 Å². The number of carbonyl (C=O) groups is 4.